The van der Waals surface area contributed by atoms with Gasteiger partial charge in [-0.2, -0.15) is 0 Å². The molecule has 0 atom stereocenters. The average Bonchev–Trinajstić information content (AvgIpc) is 2.18. The fourth-order valence-corrected chi connectivity index (χ4v) is 1.82. The van der Waals surface area contributed by atoms with E-state index in [9.17, 15) is 0 Å². The van der Waals surface area contributed by atoms with Crippen molar-refractivity contribution in [2.45, 2.75) is 53.4 Å². The first-order valence-electron chi connectivity index (χ1n) is 6.17. The summed E-state index contributed by atoms with van der Waals surface area (Å²) >= 11 is 0. The lowest BCUT2D eigenvalue weighted by atomic mass is 10.3. The number of ether oxygens (including phenoxy) is 2. The van der Waals surface area contributed by atoms with Gasteiger partial charge in [-0.05, 0) is 26.7 Å². The molecule has 0 rings (SSSR count). The molecule has 0 bridgehead atoms. The minimum atomic E-state index is -0.546. The van der Waals surface area contributed by atoms with Crippen LogP contribution in [-0.2, 0) is 9.47 Å². The summed E-state index contributed by atoms with van der Waals surface area (Å²) in [5.41, 5.74) is 0. The van der Waals surface area contributed by atoms with Crippen LogP contribution in [0.4, 0.5) is 0 Å². The molecule has 0 aromatic carbocycles. The van der Waals surface area contributed by atoms with Gasteiger partial charge in [-0.25, -0.2) is 0 Å². The maximum absolute atomic E-state index is 5.74. The predicted molar refractivity (Wildman–Crippen MR) is 63.8 cm³/mol. The second-order valence-electron chi connectivity index (χ2n) is 3.75. The van der Waals surface area contributed by atoms with Crippen molar-refractivity contribution < 1.29 is 9.47 Å². The molecular formula is C12H27NO2. The molecule has 0 aliphatic carbocycles. The van der Waals surface area contributed by atoms with Crippen molar-refractivity contribution in [2.24, 2.45) is 0 Å². The lowest BCUT2D eigenvalue weighted by molar-refractivity contribution is -0.304. The SMILES string of the molecule is CCCN(CCC)C(C)(OCC)OCC. The lowest BCUT2D eigenvalue weighted by Gasteiger charge is -2.39. The van der Waals surface area contributed by atoms with E-state index in [1.165, 1.54) is 0 Å². The van der Waals surface area contributed by atoms with Crippen LogP contribution in [0.25, 0.3) is 0 Å². The van der Waals surface area contributed by atoms with Crippen LogP contribution in [-0.4, -0.2) is 37.1 Å². The first kappa shape index (κ1) is 14.9. The molecule has 0 fully saturated rings. The third-order valence-electron chi connectivity index (χ3n) is 2.39. The van der Waals surface area contributed by atoms with E-state index in [0.29, 0.717) is 13.2 Å². The summed E-state index contributed by atoms with van der Waals surface area (Å²) in [5, 5.41) is 0. The molecule has 0 spiro atoms. The molecule has 0 saturated carbocycles. The first-order chi connectivity index (χ1) is 7.14. The molecule has 0 N–H and O–H groups in total. The molecule has 0 aliphatic rings. The Kier molecular flexibility index (Phi) is 8.02. The zero-order valence-electron chi connectivity index (χ0n) is 11.0. The molecule has 15 heavy (non-hydrogen) atoms. The van der Waals surface area contributed by atoms with Crippen LogP contribution in [0.2, 0.25) is 0 Å². The number of nitrogens with zero attached hydrogens (tertiary/aromatic N) is 1. The van der Waals surface area contributed by atoms with E-state index < -0.39 is 5.91 Å². The van der Waals surface area contributed by atoms with Gasteiger partial charge in [0.2, 0.25) is 5.91 Å². The van der Waals surface area contributed by atoms with Crippen molar-refractivity contribution in [1.82, 2.24) is 4.90 Å². The van der Waals surface area contributed by atoms with Gasteiger partial charge in [0.15, 0.2) is 0 Å². The minimum absolute atomic E-state index is 0.546. The van der Waals surface area contributed by atoms with Gasteiger partial charge in [-0.15, -0.1) is 0 Å². The van der Waals surface area contributed by atoms with Gasteiger partial charge in [-0.1, -0.05) is 13.8 Å². The molecule has 0 aromatic heterocycles. The van der Waals surface area contributed by atoms with Gasteiger partial charge in [0, 0.05) is 33.2 Å². The molecule has 0 aromatic rings. The van der Waals surface area contributed by atoms with E-state index in [1.807, 2.05) is 20.8 Å². The molecule has 0 unspecified atom stereocenters. The Balaban J connectivity index is 4.48. The summed E-state index contributed by atoms with van der Waals surface area (Å²) in [4.78, 5) is 2.28. The van der Waals surface area contributed by atoms with Gasteiger partial charge in [0.1, 0.15) is 0 Å². The highest BCUT2D eigenvalue weighted by atomic mass is 16.7. The van der Waals surface area contributed by atoms with Crippen molar-refractivity contribution in [3.05, 3.63) is 0 Å². The van der Waals surface area contributed by atoms with Crippen LogP contribution in [0.3, 0.4) is 0 Å². The van der Waals surface area contributed by atoms with Crippen molar-refractivity contribution in [3.8, 4) is 0 Å². The van der Waals surface area contributed by atoms with Gasteiger partial charge < -0.3 is 9.47 Å². The van der Waals surface area contributed by atoms with Crippen molar-refractivity contribution in [2.75, 3.05) is 26.3 Å². The quantitative estimate of drug-likeness (QED) is 0.554. The Labute approximate surface area is 94.7 Å². The number of hydrogen-bond acceptors (Lipinski definition) is 3. The normalized spacial score (nSPS) is 12.4. The van der Waals surface area contributed by atoms with Crippen LogP contribution in [0.5, 0.6) is 0 Å². The largest absolute Gasteiger partial charge is 0.338 e. The Bertz CT molecular complexity index is 139. The van der Waals surface area contributed by atoms with Crippen molar-refractivity contribution in [1.29, 1.82) is 0 Å². The summed E-state index contributed by atoms with van der Waals surface area (Å²) in [6, 6.07) is 0. The Morgan fingerprint density at radius 3 is 1.53 bits per heavy atom. The summed E-state index contributed by atoms with van der Waals surface area (Å²) in [7, 11) is 0. The Hall–Kier alpha value is -0.120. The average molecular weight is 217 g/mol. The summed E-state index contributed by atoms with van der Waals surface area (Å²) < 4.78 is 11.5. The molecule has 0 amide bonds. The van der Waals surface area contributed by atoms with Gasteiger partial charge >= 0.3 is 0 Å². The van der Waals surface area contributed by atoms with E-state index in [0.717, 1.165) is 25.9 Å². The summed E-state index contributed by atoms with van der Waals surface area (Å²) in [6.07, 6.45) is 2.24. The van der Waals surface area contributed by atoms with Gasteiger partial charge in [0.25, 0.3) is 0 Å². The highest BCUT2D eigenvalue weighted by molar-refractivity contribution is 4.67. The smallest absolute Gasteiger partial charge is 0.226 e. The zero-order valence-corrected chi connectivity index (χ0v) is 11.0. The van der Waals surface area contributed by atoms with Crippen LogP contribution in [0.1, 0.15) is 47.5 Å². The van der Waals surface area contributed by atoms with Crippen molar-refractivity contribution >= 4 is 0 Å². The standard InChI is InChI=1S/C12H27NO2/c1-6-10-13(11-7-2)12(5,14-8-3)15-9-4/h6-11H2,1-5H3. The zero-order chi connectivity index (χ0) is 11.7. The van der Waals surface area contributed by atoms with E-state index in [4.69, 9.17) is 9.47 Å². The van der Waals surface area contributed by atoms with Crippen LogP contribution in [0, 0.1) is 0 Å². The van der Waals surface area contributed by atoms with Gasteiger partial charge in [-0.3, -0.25) is 4.90 Å². The maximum atomic E-state index is 5.74. The molecule has 0 heterocycles. The molecule has 3 heteroatoms. The summed E-state index contributed by atoms with van der Waals surface area (Å²) in [5.74, 6) is -0.546. The first-order valence-corrected chi connectivity index (χ1v) is 6.17. The third kappa shape index (κ3) is 4.96. The molecular weight excluding hydrogens is 190 g/mol. The third-order valence-corrected chi connectivity index (χ3v) is 2.39. The second-order valence-corrected chi connectivity index (χ2v) is 3.75. The number of hydrogen-bond donors (Lipinski definition) is 0. The molecule has 92 valence electrons. The predicted octanol–water partition coefficient (Wildman–Crippen LogP) is 2.86. The van der Waals surface area contributed by atoms with Crippen LogP contribution in [0.15, 0.2) is 0 Å². The topological polar surface area (TPSA) is 21.7 Å². The van der Waals surface area contributed by atoms with Crippen LogP contribution >= 0.6 is 0 Å². The van der Waals surface area contributed by atoms with E-state index in [2.05, 4.69) is 18.7 Å². The Morgan fingerprint density at radius 1 is 0.867 bits per heavy atom. The summed E-state index contributed by atoms with van der Waals surface area (Å²) in [6.45, 7) is 13.8. The second kappa shape index (κ2) is 8.08. The van der Waals surface area contributed by atoms with E-state index in [-0.39, 0.29) is 0 Å². The Morgan fingerprint density at radius 2 is 1.27 bits per heavy atom. The maximum Gasteiger partial charge on any atom is 0.226 e. The minimum Gasteiger partial charge on any atom is -0.338 e. The van der Waals surface area contributed by atoms with Gasteiger partial charge in [0.05, 0.1) is 0 Å². The highest BCUT2D eigenvalue weighted by Crippen LogP contribution is 2.19. The molecule has 0 radical (unpaired) electrons. The molecule has 3 nitrogen and oxygen atoms in total. The van der Waals surface area contributed by atoms with Crippen molar-refractivity contribution in [3.63, 3.8) is 0 Å². The fourth-order valence-electron chi connectivity index (χ4n) is 1.82. The monoisotopic (exact) mass is 217 g/mol. The number of rotatable bonds is 9. The highest BCUT2D eigenvalue weighted by Gasteiger charge is 2.31. The fraction of sp³-hybridized carbons (Fsp3) is 1.00. The molecule has 0 aliphatic heterocycles. The van der Waals surface area contributed by atoms with E-state index >= 15 is 0 Å². The van der Waals surface area contributed by atoms with E-state index in [1.54, 1.807) is 0 Å². The molecule has 0 saturated heterocycles. The lowest BCUT2D eigenvalue weighted by Crippen LogP contribution is -2.51. The van der Waals surface area contributed by atoms with Crippen LogP contribution < -0.4 is 0 Å².